The van der Waals surface area contributed by atoms with E-state index in [4.69, 9.17) is 0 Å². The summed E-state index contributed by atoms with van der Waals surface area (Å²) in [5.74, 6) is 0. The molecular weight excluding hydrogens is 196 g/mol. The van der Waals surface area contributed by atoms with E-state index >= 15 is 0 Å². The van der Waals surface area contributed by atoms with E-state index in [9.17, 15) is 0 Å². The van der Waals surface area contributed by atoms with Crippen LogP contribution >= 0.6 is 0 Å². The second kappa shape index (κ2) is 3.46. The van der Waals surface area contributed by atoms with Crippen LogP contribution in [0.1, 0.15) is 46.5 Å². The Morgan fingerprint density at radius 2 is 1.56 bits per heavy atom. The SMILES string of the molecule is CC(C)(C)N1CCC(N2CC3(CC3)C2)CC1. The fraction of sp³-hybridized carbons (Fsp3) is 1.00. The molecule has 2 heteroatoms. The largest absolute Gasteiger partial charge is 0.299 e. The van der Waals surface area contributed by atoms with Crippen molar-refractivity contribution in [3.05, 3.63) is 0 Å². The van der Waals surface area contributed by atoms with Gasteiger partial charge in [0.25, 0.3) is 0 Å². The summed E-state index contributed by atoms with van der Waals surface area (Å²) in [5.41, 5.74) is 1.21. The summed E-state index contributed by atoms with van der Waals surface area (Å²) in [6.45, 7) is 12.5. The highest BCUT2D eigenvalue weighted by Gasteiger charge is 2.53. The molecule has 2 heterocycles. The number of rotatable bonds is 1. The zero-order valence-corrected chi connectivity index (χ0v) is 11.1. The summed E-state index contributed by atoms with van der Waals surface area (Å²) >= 11 is 0. The Bertz CT molecular complexity index is 259. The van der Waals surface area contributed by atoms with Gasteiger partial charge in [0.2, 0.25) is 0 Å². The maximum atomic E-state index is 2.76. The zero-order chi connectivity index (χ0) is 11.4. The van der Waals surface area contributed by atoms with Crippen LogP contribution < -0.4 is 0 Å². The van der Waals surface area contributed by atoms with Crippen LogP contribution in [0, 0.1) is 5.41 Å². The van der Waals surface area contributed by atoms with Crippen LogP contribution in [0.25, 0.3) is 0 Å². The molecule has 2 aliphatic heterocycles. The van der Waals surface area contributed by atoms with Crippen molar-refractivity contribution in [3.63, 3.8) is 0 Å². The normalized spacial score (nSPS) is 31.7. The molecule has 1 aliphatic carbocycles. The maximum Gasteiger partial charge on any atom is 0.0125 e. The average Bonchev–Trinajstić information content (AvgIpc) is 2.94. The summed E-state index contributed by atoms with van der Waals surface area (Å²) < 4.78 is 0. The molecule has 0 aromatic heterocycles. The summed E-state index contributed by atoms with van der Waals surface area (Å²) in [4.78, 5) is 5.41. The van der Waals surface area contributed by atoms with Gasteiger partial charge >= 0.3 is 0 Å². The fourth-order valence-electron chi connectivity index (χ4n) is 3.47. The van der Waals surface area contributed by atoms with Crippen molar-refractivity contribution < 1.29 is 0 Å². The fourth-order valence-corrected chi connectivity index (χ4v) is 3.47. The van der Waals surface area contributed by atoms with Gasteiger partial charge in [-0.25, -0.2) is 0 Å². The third-order valence-corrected chi connectivity index (χ3v) is 4.96. The molecule has 3 aliphatic rings. The summed E-state index contributed by atoms with van der Waals surface area (Å²) in [5, 5.41) is 0. The first-order chi connectivity index (χ1) is 7.49. The standard InChI is InChI=1S/C14H26N2/c1-13(2,3)16-8-4-12(5-9-16)15-10-14(11-15)6-7-14/h12H,4-11H2,1-3H3. The first kappa shape index (κ1) is 11.0. The van der Waals surface area contributed by atoms with Crippen molar-refractivity contribution in [2.45, 2.75) is 58.0 Å². The average molecular weight is 222 g/mol. The second-order valence-electron chi connectivity index (χ2n) is 7.29. The van der Waals surface area contributed by atoms with Crippen LogP contribution in [-0.2, 0) is 0 Å². The number of hydrogen-bond donors (Lipinski definition) is 0. The molecule has 0 unspecified atom stereocenters. The third kappa shape index (κ3) is 1.91. The molecule has 1 saturated carbocycles. The number of hydrogen-bond acceptors (Lipinski definition) is 2. The Morgan fingerprint density at radius 3 is 2.00 bits per heavy atom. The molecule has 3 fully saturated rings. The van der Waals surface area contributed by atoms with Crippen molar-refractivity contribution >= 4 is 0 Å². The molecule has 0 aromatic rings. The van der Waals surface area contributed by atoms with Gasteiger partial charge in [-0.15, -0.1) is 0 Å². The van der Waals surface area contributed by atoms with Crippen LogP contribution in [0.4, 0.5) is 0 Å². The van der Waals surface area contributed by atoms with E-state index < -0.39 is 0 Å². The molecule has 0 N–H and O–H groups in total. The number of likely N-dealkylation sites (tertiary alicyclic amines) is 2. The second-order valence-corrected chi connectivity index (χ2v) is 7.29. The van der Waals surface area contributed by atoms with Gasteiger partial charge in [-0.2, -0.15) is 0 Å². The van der Waals surface area contributed by atoms with E-state index in [1.165, 1.54) is 51.9 Å². The van der Waals surface area contributed by atoms with Crippen molar-refractivity contribution in [2.75, 3.05) is 26.2 Å². The summed E-state index contributed by atoms with van der Waals surface area (Å²) in [7, 11) is 0. The molecule has 0 radical (unpaired) electrons. The lowest BCUT2D eigenvalue weighted by molar-refractivity contribution is -0.00858. The molecule has 16 heavy (non-hydrogen) atoms. The van der Waals surface area contributed by atoms with E-state index in [1.54, 1.807) is 0 Å². The van der Waals surface area contributed by atoms with Gasteiger partial charge in [-0.1, -0.05) is 0 Å². The van der Waals surface area contributed by atoms with Gasteiger partial charge in [-0.3, -0.25) is 9.80 Å². The molecule has 0 aromatic carbocycles. The van der Waals surface area contributed by atoms with E-state index in [2.05, 4.69) is 30.6 Å². The Labute approximate surface area is 100.0 Å². The molecule has 1 spiro atoms. The van der Waals surface area contributed by atoms with Crippen LogP contribution in [0.15, 0.2) is 0 Å². The molecule has 0 bridgehead atoms. The minimum atomic E-state index is 0.373. The molecule has 92 valence electrons. The van der Waals surface area contributed by atoms with E-state index in [1.807, 2.05) is 0 Å². The Kier molecular flexibility index (Phi) is 2.38. The maximum absolute atomic E-state index is 2.76. The van der Waals surface area contributed by atoms with Crippen molar-refractivity contribution in [3.8, 4) is 0 Å². The molecule has 0 amide bonds. The van der Waals surface area contributed by atoms with Gasteiger partial charge in [0.15, 0.2) is 0 Å². The van der Waals surface area contributed by atoms with Crippen molar-refractivity contribution in [1.82, 2.24) is 9.80 Å². The first-order valence-corrected chi connectivity index (χ1v) is 6.98. The molecular formula is C14H26N2. The minimum Gasteiger partial charge on any atom is -0.299 e. The van der Waals surface area contributed by atoms with Crippen molar-refractivity contribution in [2.24, 2.45) is 5.41 Å². The number of piperidine rings is 1. The molecule has 2 saturated heterocycles. The molecule has 2 nitrogen and oxygen atoms in total. The highest BCUT2D eigenvalue weighted by atomic mass is 15.3. The summed E-state index contributed by atoms with van der Waals surface area (Å²) in [6.07, 6.45) is 5.83. The van der Waals surface area contributed by atoms with Gasteiger partial charge in [-0.05, 0) is 51.9 Å². The van der Waals surface area contributed by atoms with Crippen LogP contribution in [0.3, 0.4) is 0 Å². The lowest BCUT2D eigenvalue weighted by atomic mass is 9.90. The quantitative estimate of drug-likeness (QED) is 0.672. The minimum absolute atomic E-state index is 0.373. The van der Waals surface area contributed by atoms with Gasteiger partial charge in [0.05, 0.1) is 0 Å². The van der Waals surface area contributed by atoms with Crippen LogP contribution in [-0.4, -0.2) is 47.6 Å². The van der Waals surface area contributed by atoms with E-state index in [0.717, 1.165) is 11.5 Å². The lowest BCUT2D eigenvalue weighted by Gasteiger charge is -2.49. The van der Waals surface area contributed by atoms with Gasteiger partial charge in [0.1, 0.15) is 0 Å². The Balaban J connectivity index is 1.48. The van der Waals surface area contributed by atoms with E-state index in [0.29, 0.717) is 5.54 Å². The predicted molar refractivity (Wildman–Crippen MR) is 67.6 cm³/mol. The smallest absolute Gasteiger partial charge is 0.0125 e. The van der Waals surface area contributed by atoms with Crippen molar-refractivity contribution in [1.29, 1.82) is 0 Å². The highest BCUT2D eigenvalue weighted by molar-refractivity contribution is 5.07. The first-order valence-electron chi connectivity index (χ1n) is 6.98. The summed E-state index contributed by atoms with van der Waals surface area (Å²) in [6, 6.07) is 0.907. The highest BCUT2D eigenvalue weighted by Crippen LogP contribution is 2.53. The lowest BCUT2D eigenvalue weighted by Crippen LogP contribution is -2.58. The Morgan fingerprint density at radius 1 is 1.00 bits per heavy atom. The monoisotopic (exact) mass is 222 g/mol. The van der Waals surface area contributed by atoms with Gasteiger partial charge < -0.3 is 0 Å². The molecule has 3 rings (SSSR count). The van der Waals surface area contributed by atoms with Crippen LogP contribution in [0.2, 0.25) is 0 Å². The number of nitrogens with zero attached hydrogens (tertiary/aromatic N) is 2. The molecule has 0 atom stereocenters. The third-order valence-electron chi connectivity index (χ3n) is 4.96. The van der Waals surface area contributed by atoms with Gasteiger partial charge in [0, 0.05) is 37.8 Å². The van der Waals surface area contributed by atoms with E-state index in [-0.39, 0.29) is 0 Å². The predicted octanol–water partition coefficient (Wildman–Crippen LogP) is 2.35. The topological polar surface area (TPSA) is 6.48 Å². The Hall–Kier alpha value is -0.0800. The zero-order valence-electron chi connectivity index (χ0n) is 11.1. The van der Waals surface area contributed by atoms with Crippen LogP contribution in [0.5, 0.6) is 0 Å².